The average Bonchev–Trinajstić information content (AvgIpc) is 2.69. The Labute approximate surface area is 185 Å². The number of nitrogens with zero attached hydrogens (tertiary/aromatic N) is 1. The average molecular weight is 451 g/mol. The fraction of sp³-hybridized carbons (Fsp3) is 0.458. The van der Waals surface area contributed by atoms with E-state index in [1.807, 2.05) is 19.0 Å². The van der Waals surface area contributed by atoms with Crippen molar-refractivity contribution >= 4 is 5.97 Å². The number of carbonyl (C=O) groups excluding carboxylic acids is 1. The summed E-state index contributed by atoms with van der Waals surface area (Å²) < 4.78 is 45.3. The van der Waals surface area contributed by atoms with Crippen molar-refractivity contribution in [2.75, 3.05) is 20.6 Å². The van der Waals surface area contributed by atoms with E-state index in [0.717, 1.165) is 18.6 Å². The van der Waals surface area contributed by atoms with Gasteiger partial charge >= 0.3 is 12.1 Å². The van der Waals surface area contributed by atoms with Crippen LogP contribution in [-0.4, -0.2) is 47.9 Å². The van der Waals surface area contributed by atoms with E-state index in [2.05, 4.69) is 0 Å². The molecule has 174 valence electrons. The number of benzene rings is 2. The molecule has 0 bridgehead atoms. The highest BCUT2D eigenvalue weighted by Crippen LogP contribution is 2.48. The Bertz CT molecular complexity index is 946. The number of hydrogen-bond donors (Lipinski definition) is 2. The van der Waals surface area contributed by atoms with Gasteiger partial charge < -0.3 is 19.8 Å². The molecule has 2 aromatic rings. The summed E-state index contributed by atoms with van der Waals surface area (Å²) in [6, 6.07) is 10.4. The number of alkyl halides is 3. The fourth-order valence-electron chi connectivity index (χ4n) is 4.53. The van der Waals surface area contributed by atoms with Gasteiger partial charge in [0.05, 0.1) is 12.0 Å². The minimum Gasteiger partial charge on any atom is -0.507 e. The maximum Gasteiger partial charge on any atom is 0.393 e. The molecule has 0 amide bonds. The Balaban J connectivity index is 2.10. The minimum absolute atomic E-state index is 0.196. The standard InChI is InChI=1S/C24H28F3NO4/c1-28(2)15-17-8-6-7-13-23(17,31)20-16(14-24(25,26)27)11-12-19(21(20)29)22(30)32-18-9-4-3-5-10-18/h3-5,9-12,17,29,31H,6-8,13-15H2,1-2H3/t17-,23-/m1/s1. The van der Waals surface area contributed by atoms with Gasteiger partial charge in [0.2, 0.25) is 0 Å². The highest BCUT2D eigenvalue weighted by atomic mass is 19.4. The lowest BCUT2D eigenvalue weighted by Gasteiger charge is -2.43. The van der Waals surface area contributed by atoms with Gasteiger partial charge in [0.25, 0.3) is 0 Å². The molecule has 0 aliphatic heterocycles. The first-order valence-corrected chi connectivity index (χ1v) is 10.6. The molecule has 3 rings (SSSR count). The van der Waals surface area contributed by atoms with Gasteiger partial charge in [-0.05, 0) is 50.7 Å². The molecule has 0 radical (unpaired) electrons. The molecule has 32 heavy (non-hydrogen) atoms. The van der Waals surface area contributed by atoms with E-state index in [1.54, 1.807) is 30.3 Å². The number of para-hydroxylation sites is 1. The third kappa shape index (κ3) is 5.42. The lowest BCUT2D eigenvalue weighted by atomic mass is 9.69. The minimum atomic E-state index is -4.55. The van der Waals surface area contributed by atoms with Gasteiger partial charge in [0, 0.05) is 18.0 Å². The molecule has 0 aromatic heterocycles. The van der Waals surface area contributed by atoms with Crippen LogP contribution in [0.1, 0.15) is 47.2 Å². The Morgan fingerprint density at radius 1 is 1.16 bits per heavy atom. The summed E-state index contributed by atoms with van der Waals surface area (Å²) in [5.41, 5.74) is -2.43. The molecule has 1 saturated carbocycles. The number of aromatic hydroxyl groups is 1. The number of halogens is 3. The molecule has 2 aromatic carbocycles. The maximum atomic E-state index is 13.3. The number of rotatable bonds is 6. The molecule has 0 unspecified atom stereocenters. The zero-order valence-corrected chi connectivity index (χ0v) is 18.2. The van der Waals surface area contributed by atoms with E-state index < -0.39 is 35.8 Å². The monoisotopic (exact) mass is 451 g/mol. The van der Waals surface area contributed by atoms with Crippen LogP contribution in [0.4, 0.5) is 13.2 Å². The number of phenolic OH excluding ortho intramolecular Hbond substituents is 1. The molecule has 0 spiro atoms. The molecule has 1 aliphatic carbocycles. The van der Waals surface area contributed by atoms with Gasteiger partial charge in [0.1, 0.15) is 17.1 Å². The van der Waals surface area contributed by atoms with Crippen molar-refractivity contribution in [3.8, 4) is 11.5 Å². The van der Waals surface area contributed by atoms with Gasteiger partial charge in [0.15, 0.2) is 0 Å². The second-order valence-electron chi connectivity index (χ2n) is 8.62. The molecule has 2 N–H and O–H groups in total. The van der Waals surface area contributed by atoms with Crippen LogP contribution in [0.2, 0.25) is 0 Å². The van der Waals surface area contributed by atoms with Crippen LogP contribution < -0.4 is 4.74 Å². The Morgan fingerprint density at radius 2 is 1.84 bits per heavy atom. The van der Waals surface area contributed by atoms with Crippen LogP contribution >= 0.6 is 0 Å². The largest absolute Gasteiger partial charge is 0.507 e. The van der Waals surface area contributed by atoms with Crippen LogP contribution in [0.15, 0.2) is 42.5 Å². The van der Waals surface area contributed by atoms with Crippen molar-refractivity contribution in [1.29, 1.82) is 0 Å². The molecular weight excluding hydrogens is 423 g/mol. The number of carbonyl (C=O) groups is 1. The SMILES string of the molecule is CN(C)C[C@H]1CCCC[C@]1(O)c1c(CC(F)(F)F)ccc(C(=O)Oc2ccccc2)c1O. The van der Waals surface area contributed by atoms with E-state index in [-0.39, 0.29) is 28.9 Å². The highest BCUT2D eigenvalue weighted by Gasteiger charge is 2.45. The van der Waals surface area contributed by atoms with Crippen LogP contribution in [0, 0.1) is 5.92 Å². The van der Waals surface area contributed by atoms with E-state index in [9.17, 15) is 28.2 Å². The second kappa shape index (κ2) is 9.50. The number of aliphatic hydroxyl groups is 1. The molecule has 5 nitrogen and oxygen atoms in total. The van der Waals surface area contributed by atoms with E-state index in [0.29, 0.717) is 19.4 Å². The number of ether oxygens (including phenoxy) is 1. The maximum absolute atomic E-state index is 13.3. The molecule has 8 heteroatoms. The van der Waals surface area contributed by atoms with Gasteiger partial charge in [-0.2, -0.15) is 13.2 Å². The Kier molecular flexibility index (Phi) is 7.15. The first-order chi connectivity index (χ1) is 15.0. The Hall–Kier alpha value is -2.58. The molecule has 0 saturated heterocycles. The topological polar surface area (TPSA) is 70.0 Å². The molecule has 1 aliphatic rings. The predicted molar refractivity (Wildman–Crippen MR) is 114 cm³/mol. The zero-order valence-electron chi connectivity index (χ0n) is 18.2. The summed E-state index contributed by atoms with van der Waals surface area (Å²) in [6.07, 6.45) is -3.65. The Morgan fingerprint density at radius 3 is 2.47 bits per heavy atom. The zero-order chi connectivity index (χ0) is 23.5. The van der Waals surface area contributed by atoms with Crippen LogP contribution in [-0.2, 0) is 12.0 Å². The van der Waals surface area contributed by atoms with Gasteiger partial charge in [-0.15, -0.1) is 0 Å². The van der Waals surface area contributed by atoms with Crippen LogP contribution in [0.25, 0.3) is 0 Å². The lowest BCUT2D eigenvalue weighted by molar-refractivity contribution is -0.128. The van der Waals surface area contributed by atoms with Crippen molar-refractivity contribution < 1.29 is 32.9 Å². The van der Waals surface area contributed by atoms with E-state index in [4.69, 9.17) is 4.74 Å². The third-order valence-corrected chi connectivity index (χ3v) is 5.88. The summed E-state index contributed by atoms with van der Waals surface area (Å²) in [7, 11) is 3.64. The summed E-state index contributed by atoms with van der Waals surface area (Å²) in [5.74, 6) is -1.72. The molecular formula is C24H28F3NO4. The second-order valence-corrected chi connectivity index (χ2v) is 8.62. The van der Waals surface area contributed by atoms with Crippen molar-refractivity contribution in [3.05, 3.63) is 59.2 Å². The number of esters is 1. The lowest BCUT2D eigenvalue weighted by Crippen LogP contribution is -2.44. The third-order valence-electron chi connectivity index (χ3n) is 5.88. The smallest absolute Gasteiger partial charge is 0.393 e. The van der Waals surface area contributed by atoms with Crippen molar-refractivity contribution in [2.45, 2.75) is 43.9 Å². The first kappa shape index (κ1) is 24.1. The van der Waals surface area contributed by atoms with Gasteiger partial charge in [-0.3, -0.25) is 0 Å². The van der Waals surface area contributed by atoms with Crippen LogP contribution in [0.5, 0.6) is 11.5 Å². The molecule has 2 atom stereocenters. The highest BCUT2D eigenvalue weighted by molar-refractivity contribution is 5.94. The summed E-state index contributed by atoms with van der Waals surface area (Å²) in [4.78, 5) is 14.6. The van der Waals surface area contributed by atoms with Gasteiger partial charge in [-0.25, -0.2) is 4.79 Å². The summed E-state index contributed by atoms with van der Waals surface area (Å²) >= 11 is 0. The first-order valence-electron chi connectivity index (χ1n) is 10.6. The summed E-state index contributed by atoms with van der Waals surface area (Å²) in [6.45, 7) is 0.431. The fourth-order valence-corrected chi connectivity index (χ4v) is 4.53. The van der Waals surface area contributed by atoms with Crippen molar-refractivity contribution in [2.24, 2.45) is 5.92 Å². The van der Waals surface area contributed by atoms with Crippen molar-refractivity contribution in [1.82, 2.24) is 4.90 Å². The summed E-state index contributed by atoms with van der Waals surface area (Å²) in [5, 5.41) is 22.7. The molecule has 1 fully saturated rings. The predicted octanol–water partition coefficient (Wildman–Crippen LogP) is 4.66. The molecule has 0 heterocycles. The normalized spacial score (nSPS) is 21.5. The quantitative estimate of drug-likeness (QED) is 0.494. The van der Waals surface area contributed by atoms with Crippen LogP contribution in [0.3, 0.4) is 0 Å². The number of phenols is 1. The number of hydrogen-bond acceptors (Lipinski definition) is 5. The van der Waals surface area contributed by atoms with E-state index >= 15 is 0 Å². The van der Waals surface area contributed by atoms with E-state index in [1.165, 1.54) is 0 Å². The van der Waals surface area contributed by atoms with Gasteiger partial charge in [-0.1, -0.05) is 37.1 Å². The van der Waals surface area contributed by atoms with Crippen molar-refractivity contribution in [3.63, 3.8) is 0 Å².